The van der Waals surface area contributed by atoms with Crippen molar-refractivity contribution in [3.63, 3.8) is 0 Å². The minimum Gasteiger partial charge on any atom is -0.316 e. The molecule has 1 fully saturated rings. The Labute approximate surface area is 116 Å². The van der Waals surface area contributed by atoms with Gasteiger partial charge in [0.2, 0.25) is 0 Å². The second-order valence-corrected chi connectivity index (χ2v) is 6.35. The van der Waals surface area contributed by atoms with Crippen LogP contribution in [0.3, 0.4) is 0 Å². The van der Waals surface area contributed by atoms with E-state index in [0.717, 1.165) is 30.4 Å². The van der Waals surface area contributed by atoms with E-state index in [-0.39, 0.29) is 12.0 Å². The molecule has 1 aromatic heterocycles. The molecule has 2 heterocycles. The number of hydrogen-bond donors (Lipinski definition) is 1. The van der Waals surface area contributed by atoms with Gasteiger partial charge in [0.1, 0.15) is 0 Å². The van der Waals surface area contributed by atoms with Crippen LogP contribution < -0.4 is 5.32 Å². The number of nitrogens with zero attached hydrogens (tertiary/aromatic N) is 2. The number of nitrogens with one attached hydrogen (secondary N) is 1. The van der Waals surface area contributed by atoms with Crippen LogP contribution in [0.25, 0.3) is 0 Å². The number of alkyl halides is 1. The van der Waals surface area contributed by atoms with Gasteiger partial charge in [-0.1, -0.05) is 0 Å². The number of aromatic nitrogens is 2. The SMILES string of the molecule is CC(C)n1ncc(Br)c1C(C)(F)C1CCCNC1. The summed E-state index contributed by atoms with van der Waals surface area (Å²) in [4.78, 5) is 0. The fourth-order valence-electron chi connectivity index (χ4n) is 2.70. The van der Waals surface area contributed by atoms with E-state index in [0.29, 0.717) is 5.69 Å². The Balaban J connectivity index is 2.36. The zero-order valence-corrected chi connectivity index (χ0v) is 12.8. The lowest BCUT2D eigenvalue weighted by molar-refractivity contribution is 0.0690. The van der Waals surface area contributed by atoms with E-state index < -0.39 is 5.67 Å². The first kappa shape index (κ1) is 14.0. The summed E-state index contributed by atoms with van der Waals surface area (Å²) in [6.07, 6.45) is 3.66. The van der Waals surface area contributed by atoms with Crippen molar-refractivity contribution in [3.05, 3.63) is 16.4 Å². The second kappa shape index (κ2) is 5.29. The predicted octanol–water partition coefficient (Wildman–Crippen LogP) is 3.41. The monoisotopic (exact) mass is 317 g/mol. The minimum atomic E-state index is -1.35. The van der Waals surface area contributed by atoms with E-state index in [1.807, 2.05) is 13.8 Å². The number of rotatable bonds is 3. The Hall–Kier alpha value is -0.420. The number of hydrogen-bond acceptors (Lipinski definition) is 2. The highest BCUT2D eigenvalue weighted by molar-refractivity contribution is 9.10. The molecule has 0 spiro atoms. The molecule has 0 aliphatic carbocycles. The van der Waals surface area contributed by atoms with Crippen LogP contribution in [0.15, 0.2) is 10.7 Å². The molecule has 2 rings (SSSR count). The van der Waals surface area contributed by atoms with Crippen molar-refractivity contribution in [1.29, 1.82) is 0 Å². The van der Waals surface area contributed by atoms with Crippen LogP contribution >= 0.6 is 15.9 Å². The van der Waals surface area contributed by atoms with Crippen molar-refractivity contribution >= 4 is 15.9 Å². The Kier molecular flexibility index (Phi) is 4.11. The highest BCUT2D eigenvalue weighted by atomic mass is 79.9. The van der Waals surface area contributed by atoms with E-state index in [1.54, 1.807) is 17.8 Å². The molecule has 0 bridgehead atoms. The van der Waals surface area contributed by atoms with Gasteiger partial charge in [-0.05, 0) is 56.1 Å². The van der Waals surface area contributed by atoms with E-state index in [4.69, 9.17) is 0 Å². The maximum atomic E-state index is 15.3. The summed E-state index contributed by atoms with van der Waals surface area (Å²) in [6.45, 7) is 7.47. The van der Waals surface area contributed by atoms with Gasteiger partial charge in [0.25, 0.3) is 0 Å². The molecule has 2 atom stereocenters. The molecule has 0 saturated carbocycles. The largest absolute Gasteiger partial charge is 0.316 e. The van der Waals surface area contributed by atoms with Crippen LogP contribution in [0.5, 0.6) is 0 Å². The van der Waals surface area contributed by atoms with Crippen molar-refractivity contribution in [2.75, 3.05) is 13.1 Å². The van der Waals surface area contributed by atoms with Gasteiger partial charge in [-0.2, -0.15) is 5.10 Å². The van der Waals surface area contributed by atoms with Crippen molar-refractivity contribution in [2.45, 2.75) is 45.3 Å². The molecule has 0 aromatic carbocycles. The third-order valence-corrected chi connectivity index (χ3v) is 4.35. The Bertz CT molecular complexity index is 408. The molecule has 1 saturated heterocycles. The van der Waals surface area contributed by atoms with Gasteiger partial charge in [0.15, 0.2) is 5.67 Å². The average molecular weight is 318 g/mol. The second-order valence-electron chi connectivity index (χ2n) is 5.50. The molecule has 5 heteroatoms. The van der Waals surface area contributed by atoms with Crippen LogP contribution in [0.2, 0.25) is 0 Å². The first-order valence-corrected chi connectivity index (χ1v) is 7.37. The van der Waals surface area contributed by atoms with Gasteiger partial charge in [-0.3, -0.25) is 4.68 Å². The molecule has 1 N–H and O–H groups in total. The molecule has 0 amide bonds. The summed E-state index contributed by atoms with van der Waals surface area (Å²) in [6, 6.07) is 0.165. The third kappa shape index (κ3) is 2.48. The van der Waals surface area contributed by atoms with Crippen LogP contribution in [-0.4, -0.2) is 22.9 Å². The smallest absolute Gasteiger partial charge is 0.154 e. The summed E-state index contributed by atoms with van der Waals surface area (Å²) < 4.78 is 17.9. The van der Waals surface area contributed by atoms with Crippen molar-refractivity contribution in [3.8, 4) is 0 Å². The quantitative estimate of drug-likeness (QED) is 0.925. The van der Waals surface area contributed by atoms with E-state index in [9.17, 15) is 0 Å². The minimum absolute atomic E-state index is 0.0109. The van der Waals surface area contributed by atoms with Gasteiger partial charge < -0.3 is 5.32 Å². The normalized spacial score (nSPS) is 24.2. The fraction of sp³-hybridized carbons (Fsp3) is 0.769. The Morgan fingerprint density at radius 2 is 2.33 bits per heavy atom. The van der Waals surface area contributed by atoms with Crippen LogP contribution in [0.4, 0.5) is 4.39 Å². The maximum Gasteiger partial charge on any atom is 0.154 e. The molecule has 1 aliphatic rings. The topological polar surface area (TPSA) is 29.9 Å². The Morgan fingerprint density at radius 1 is 1.61 bits per heavy atom. The van der Waals surface area contributed by atoms with E-state index in [2.05, 4.69) is 26.3 Å². The van der Waals surface area contributed by atoms with Gasteiger partial charge >= 0.3 is 0 Å². The molecule has 1 aliphatic heterocycles. The lowest BCUT2D eigenvalue weighted by atomic mass is 9.82. The standard InChI is InChI=1S/C13H21BrFN3/c1-9(2)18-12(11(14)8-17-18)13(3,15)10-5-4-6-16-7-10/h8-10,16H,4-7H2,1-3H3. The van der Waals surface area contributed by atoms with Gasteiger partial charge in [0, 0.05) is 18.5 Å². The first-order chi connectivity index (χ1) is 8.44. The molecular weight excluding hydrogens is 297 g/mol. The third-order valence-electron chi connectivity index (χ3n) is 3.77. The molecule has 1 aromatic rings. The summed E-state index contributed by atoms with van der Waals surface area (Å²) in [5.41, 5.74) is -0.682. The lowest BCUT2D eigenvalue weighted by Gasteiger charge is -2.35. The van der Waals surface area contributed by atoms with Crippen molar-refractivity contribution < 1.29 is 4.39 Å². The molecule has 102 valence electrons. The highest BCUT2D eigenvalue weighted by Gasteiger charge is 2.41. The van der Waals surface area contributed by atoms with Gasteiger partial charge in [0.05, 0.1) is 16.4 Å². The molecule has 3 nitrogen and oxygen atoms in total. The Morgan fingerprint density at radius 3 is 2.89 bits per heavy atom. The molecule has 2 unspecified atom stereocenters. The van der Waals surface area contributed by atoms with E-state index >= 15 is 4.39 Å². The molecular formula is C13H21BrFN3. The highest BCUT2D eigenvalue weighted by Crippen LogP contribution is 2.41. The fourth-order valence-corrected chi connectivity index (χ4v) is 3.36. The average Bonchev–Trinajstić information content (AvgIpc) is 2.73. The zero-order chi connectivity index (χ0) is 13.3. The maximum absolute atomic E-state index is 15.3. The summed E-state index contributed by atoms with van der Waals surface area (Å²) in [7, 11) is 0. The van der Waals surface area contributed by atoms with Gasteiger partial charge in [-0.25, -0.2) is 4.39 Å². The summed E-state index contributed by atoms with van der Waals surface area (Å²) in [5, 5.41) is 7.57. The zero-order valence-electron chi connectivity index (χ0n) is 11.2. The number of halogens is 2. The first-order valence-electron chi connectivity index (χ1n) is 6.57. The molecule has 18 heavy (non-hydrogen) atoms. The van der Waals surface area contributed by atoms with Crippen LogP contribution in [0.1, 0.15) is 45.3 Å². The van der Waals surface area contributed by atoms with Crippen LogP contribution in [-0.2, 0) is 5.67 Å². The van der Waals surface area contributed by atoms with Crippen LogP contribution in [0, 0.1) is 5.92 Å². The molecule has 0 radical (unpaired) electrons. The van der Waals surface area contributed by atoms with E-state index in [1.165, 1.54) is 0 Å². The number of piperidine rings is 1. The van der Waals surface area contributed by atoms with Crippen molar-refractivity contribution in [2.24, 2.45) is 5.92 Å². The summed E-state index contributed by atoms with van der Waals surface area (Å²) >= 11 is 3.44. The lowest BCUT2D eigenvalue weighted by Crippen LogP contribution is -2.41. The van der Waals surface area contributed by atoms with Gasteiger partial charge in [-0.15, -0.1) is 0 Å². The van der Waals surface area contributed by atoms with Crippen molar-refractivity contribution in [1.82, 2.24) is 15.1 Å². The predicted molar refractivity (Wildman–Crippen MR) is 74.4 cm³/mol. The summed E-state index contributed by atoms with van der Waals surface area (Å²) in [5.74, 6) is 0.0109.